The molecule has 2 aromatic rings. The number of anilines is 1. The molecule has 8 heteroatoms. The molecule has 2 aromatic carbocycles. The molecule has 0 spiro atoms. The first-order valence-corrected chi connectivity index (χ1v) is 9.51. The molecule has 0 saturated carbocycles. The van der Waals surface area contributed by atoms with Crippen molar-refractivity contribution in [1.82, 2.24) is 5.32 Å². The van der Waals surface area contributed by atoms with Gasteiger partial charge in [-0.15, -0.1) is 11.8 Å². The molecule has 3 rings (SSSR count). The van der Waals surface area contributed by atoms with E-state index in [0.717, 1.165) is 10.5 Å². The van der Waals surface area contributed by atoms with Gasteiger partial charge in [0.05, 0.1) is 5.69 Å². The number of thioether (sulfide) groups is 1. The summed E-state index contributed by atoms with van der Waals surface area (Å²) < 4.78 is 11.1. The van der Waals surface area contributed by atoms with Crippen LogP contribution in [0, 0.1) is 0 Å². The average Bonchev–Trinajstić information content (AvgIpc) is 2.60. The second kappa shape index (κ2) is 8.08. The van der Waals surface area contributed by atoms with E-state index in [1.807, 2.05) is 12.3 Å². The minimum atomic E-state index is -0.335. The second-order valence-electron chi connectivity index (χ2n) is 5.24. The molecule has 0 aliphatic carbocycles. The maximum atomic E-state index is 12.2. The van der Waals surface area contributed by atoms with Crippen LogP contribution < -0.4 is 20.1 Å². The number of rotatable bonds is 4. The number of amides is 2. The summed E-state index contributed by atoms with van der Waals surface area (Å²) in [6.45, 7) is 1.31. The number of carbonyl (C=O) groups is 1. The van der Waals surface area contributed by atoms with Crippen LogP contribution in [0.4, 0.5) is 10.5 Å². The van der Waals surface area contributed by atoms with Crippen molar-refractivity contribution in [2.45, 2.75) is 11.4 Å². The molecule has 0 atom stereocenters. The van der Waals surface area contributed by atoms with E-state index in [0.29, 0.717) is 47.0 Å². The van der Waals surface area contributed by atoms with Crippen LogP contribution in [0.1, 0.15) is 5.56 Å². The van der Waals surface area contributed by atoms with E-state index in [2.05, 4.69) is 10.6 Å². The van der Waals surface area contributed by atoms with E-state index in [9.17, 15) is 4.79 Å². The number of benzene rings is 2. The molecule has 0 unspecified atom stereocenters. The van der Waals surface area contributed by atoms with Crippen LogP contribution in [0.25, 0.3) is 0 Å². The van der Waals surface area contributed by atoms with Crippen LogP contribution in [0.3, 0.4) is 0 Å². The predicted molar refractivity (Wildman–Crippen MR) is 102 cm³/mol. The fourth-order valence-electron chi connectivity index (χ4n) is 2.34. The molecule has 25 heavy (non-hydrogen) atoms. The minimum absolute atomic E-state index is 0.293. The van der Waals surface area contributed by atoms with Gasteiger partial charge in [0.25, 0.3) is 0 Å². The van der Waals surface area contributed by atoms with Crippen molar-refractivity contribution >= 4 is 46.7 Å². The third-order valence-corrected chi connectivity index (χ3v) is 4.93. The van der Waals surface area contributed by atoms with Crippen LogP contribution >= 0.6 is 35.0 Å². The van der Waals surface area contributed by atoms with Crippen LogP contribution in [0.2, 0.25) is 10.0 Å². The van der Waals surface area contributed by atoms with Crippen LogP contribution in [-0.2, 0) is 6.54 Å². The Hall–Kier alpha value is -1.76. The van der Waals surface area contributed by atoms with Crippen LogP contribution in [-0.4, -0.2) is 25.5 Å². The van der Waals surface area contributed by atoms with E-state index >= 15 is 0 Å². The molecule has 0 saturated heterocycles. The lowest BCUT2D eigenvalue weighted by Crippen LogP contribution is -2.28. The SMILES string of the molecule is CSc1cc2c(cc1NC(=O)NCc1ccc(Cl)cc1Cl)OCCO2. The lowest BCUT2D eigenvalue weighted by atomic mass is 10.2. The fraction of sp³-hybridized carbons (Fsp3) is 0.235. The third-order valence-electron chi connectivity index (χ3n) is 3.57. The second-order valence-corrected chi connectivity index (χ2v) is 6.93. The van der Waals surface area contributed by atoms with E-state index in [1.54, 1.807) is 24.3 Å². The van der Waals surface area contributed by atoms with Gasteiger partial charge in [0.15, 0.2) is 11.5 Å². The first kappa shape index (κ1) is 18.0. The van der Waals surface area contributed by atoms with Gasteiger partial charge in [0.2, 0.25) is 0 Å². The first-order chi connectivity index (χ1) is 12.1. The van der Waals surface area contributed by atoms with Crippen molar-refractivity contribution in [2.24, 2.45) is 0 Å². The molecule has 1 heterocycles. The summed E-state index contributed by atoms with van der Waals surface area (Å²) in [6.07, 6.45) is 1.93. The van der Waals surface area contributed by atoms with Gasteiger partial charge in [-0.05, 0) is 30.0 Å². The van der Waals surface area contributed by atoms with Crippen molar-refractivity contribution in [3.8, 4) is 11.5 Å². The Kier molecular flexibility index (Phi) is 5.83. The van der Waals surface area contributed by atoms with Gasteiger partial charge in [0, 0.05) is 27.6 Å². The number of carbonyl (C=O) groups excluding carboxylic acids is 1. The highest BCUT2D eigenvalue weighted by Gasteiger charge is 2.17. The Bertz CT molecular complexity index is 802. The number of fused-ring (bicyclic) bond motifs is 1. The van der Waals surface area contributed by atoms with Gasteiger partial charge < -0.3 is 20.1 Å². The van der Waals surface area contributed by atoms with Crippen molar-refractivity contribution in [1.29, 1.82) is 0 Å². The number of nitrogens with one attached hydrogen (secondary N) is 2. The van der Waals surface area contributed by atoms with Crippen LogP contribution in [0.5, 0.6) is 11.5 Å². The zero-order valence-electron chi connectivity index (χ0n) is 13.4. The average molecular weight is 399 g/mol. The van der Waals surface area contributed by atoms with E-state index < -0.39 is 0 Å². The van der Waals surface area contributed by atoms with Gasteiger partial charge >= 0.3 is 6.03 Å². The zero-order valence-corrected chi connectivity index (χ0v) is 15.7. The molecular weight excluding hydrogens is 383 g/mol. The Balaban J connectivity index is 1.68. The van der Waals surface area contributed by atoms with Crippen molar-refractivity contribution < 1.29 is 14.3 Å². The summed E-state index contributed by atoms with van der Waals surface area (Å²) in [6, 6.07) is 8.46. The summed E-state index contributed by atoms with van der Waals surface area (Å²) >= 11 is 13.5. The normalized spacial score (nSPS) is 12.6. The zero-order chi connectivity index (χ0) is 17.8. The lowest BCUT2D eigenvalue weighted by molar-refractivity contribution is 0.171. The van der Waals surface area contributed by atoms with Crippen molar-refractivity contribution in [3.63, 3.8) is 0 Å². The monoisotopic (exact) mass is 398 g/mol. The fourth-order valence-corrected chi connectivity index (χ4v) is 3.37. The molecule has 5 nitrogen and oxygen atoms in total. The molecule has 0 bridgehead atoms. The van der Waals surface area contributed by atoms with Crippen LogP contribution in [0.15, 0.2) is 35.2 Å². The van der Waals surface area contributed by atoms with Crippen molar-refractivity contribution in [3.05, 3.63) is 45.9 Å². The lowest BCUT2D eigenvalue weighted by Gasteiger charge is -2.21. The summed E-state index contributed by atoms with van der Waals surface area (Å²) in [5.41, 5.74) is 1.45. The molecule has 0 fully saturated rings. The first-order valence-electron chi connectivity index (χ1n) is 7.53. The van der Waals surface area contributed by atoms with Gasteiger partial charge in [-0.1, -0.05) is 29.3 Å². The number of urea groups is 1. The Morgan fingerprint density at radius 3 is 2.56 bits per heavy atom. The van der Waals surface area contributed by atoms with Gasteiger partial charge in [-0.2, -0.15) is 0 Å². The highest BCUT2D eigenvalue weighted by Crippen LogP contribution is 2.39. The number of ether oxygens (including phenoxy) is 2. The predicted octanol–water partition coefficient (Wildman–Crippen LogP) is 4.81. The Morgan fingerprint density at radius 1 is 1.16 bits per heavy atom. The van der Waals surface area contributed by atoms with Gasteiger partial charge in [-0.3, -0.25) is 0 Å². The highest BCUT2D eigenvalue weighted by atomic mass is 35.5. The molecule has 1 aliphatic heterocycles. The summed E-state index contributed by atoms with van der Waals surface area (Å²) in [5, 5.41) is 6.68. The summed E-state index contributed by atoms with van der Waals surface area (Å²) in [7, 11) is 0. The number of hydrogen-bond acceptors (Lipinski definition) is 4. The summed E-state index contributed by atoms with van der Waals surface area (Å²) in [5.74, 6) is 1.31. The molecule has 0 radical (unpaired) electrons. The van der Waals surface area contributed by atoms with Gasteiger partial charge in [-0.25, -0.2) is 4.79 Å². The molecular formula is C17H16Cl2N2O3S. The van der Waals surface area contributed by atoms with E-state index in [-0.39, 0.29) is 6.03 Å². The summed E-state index contributed by atoms with van der Waals surface area (Å²) in [4.78, 5) is 13.1. The van der Waals surface area contributed by atoms with E-state index in [4.69, 9.17) is 32.7 Å². The molecule has 2 N–H and O–H groups in total. The third kappa shape index (κ3) is 4.45. The molecule has 0 aromatic heterocycles. The van der Waals surface area contributed by atoms with E-state index in [1.165, 1.54) is 11.8 Å². The number of halogens is 2. The maximum Gasteiger partial charge on any atom is 0.319 e. The topological polar surface area (TPSA) is 59.6 Å². The standard InChI is InChI=1S/C17H16Cl2N2O3S/c1-25-16-8-15-14(23-4-5-24-15)7-13(16)21-17(22)20-9-10-2-3-11(18)6-12(10)19/h2-3,6-8H,4-5,9H2,1H3,(H2,20,21,22). The largest absolute Gasteiger partial charge is 0.486 e. The molecule has 2 amide bonds. The Morgan fingerprint density at radius 2 is 1.88 bits per heavy atom. The Labute approximate surface area is 160 Å². The number of hydrogen-bond donors (Lipinski definition) is 2. The highest BCUT2D eigenvalue weighted by molar-refractivity contribution is 7.98. The molecule has 132 valence electrons. The smallest absolute Gasteiger partial charge is 0.319 e. The molecule has 1 aliphatic rings. The van der Waals surface area contributed by atoms with Crippen molar-refractivity contribution in [2.75, 3.05) is 24.8 Å². The maximum absolute atomic E-state index is 12.2. The minimum Gasteiger partial charge on any atom is -0.486 e. The quantitative estimate of drug-likeness (QED) is 0.725. The van der Waals surface area contributed by atoms with Gasteiger partial charge in [0.1, 0.15) is 13.2 Å².